The van der Waals surface area contributed by atoms with Gasteiger partial charge in [0.05, 0.1) is 5.56 Å². The number of carbonyl (C=O) groups is 1. The number of pyridine rings is 1. The van der Waals surface area contributed by atoms with Gasteiger partial charge in [0, 0.05) is 43.9 Å². The smallest absolute Gasteiger partial charge is 0.317 e. The third-order valence-electron chi connectivity index (χ3n) is 5.36. The number of nitrogens with one attached hydrogen (secondary N) is 1. The molecule has 3 heterocycles. The van der Waals surface area contributed by atoms with Crippen LogP contribution in [0.25, 0.3) is 0 Å². The Morgan fingerprint density at radius 1 is 1.26 bits per heavy atom. The largest absolute Gasteiger partial charge is 0.334 e. The summed E-state index contributed by atoms with van der Waals surface area (Å²) in [5.41, 5.74) is 1.60. The summed E-state index contributed by atoms with van der Waals surface area (Å²) in [4.78, 5) is 26.4. The minimum Gasteiger partial charge on any atom is -0.334 e. The molecule has 138 valence electrons. The molecule has 0 saturated carbocycles. The van der Waals surface area contributed by atoms with Crippen LogP contribution in [0.5, 0.6) is 0 Å². The van der Waals surface area contributed by atoms with Crippen LogP contribution in [0.15, 0.2) is 41.2 Å². The quantitative estimate of drug-likeness (QED) is 0.885. The van der Waals surface area contributed by atoms with Gasteiger partial charge in [-0.2, -0.15) is 5.26 Å². The van der Waals surface area contributed by atoms with Crippen molar-refractivity contribution in [3.8, 4) is 6.07 Å². The van der Waals surface area contributed by atoms with Crippen molar-refractivity contribution in [3.63, 3.8) is 0 Å². The van der Waals surface area contributed by atoms with E-state index in [-0.39, 0.29) is 35.5 Å². The van der Waals surface area contributed by atoms with E-state index in [9.17, 15) is 14.0 Å². The molecule has 1 aromatic heterocycles. The first-order valence-corrected chi connectivity index (χ1v) is 8.96. The molecular formula is C20H19FN4O2. The van der Waals surface area contributed by atoms with Gasteiger partial charge in [-0.3, -0.25) is 4.79 Å². The summed E-state index contributed by atoms with van der Waals surface area (Å²) >= 11 is 0. The van der Waals surface area contributed by atoms with E-state index >= 15 is 0 Å². The predicted molar refractivity (Wildman–Crippen MR) is 96.5 cm³/mol. The molecule has 0 radical (unpaired) electrons. The molecule has 6 nitrogen and oxygen atoms in total. The van der Waals surface area contributed by atoms with E-state index in [1.54, 1.807) is 29.2 Å². The Labute approximate surface area is 155 Å². The minimum atomic E-state index is -0.584. The Hall–Kier alpha value is -3.14. The second-order valence-corrected chi connectivity index (χ2v) is 7.19. The number of benzene rings is 1. The zero-order chi connectivity index (χ0) is 19.0. The van der Waals surface area contributed by atoms with Crippen LogP contribution < -0.4 is 10.9 Å². The highest BCUT2D eigenvalue weighted by Crippen LogP contribution is 2.34. The lowest BCUT2D eigenvalue weighted by Gasteiger charge is -2.42. The molecule has 0 aliphatic carbocycles. The van der Waals surface area contributed by atoms with Gasteiger partial charge in [-0.25, -0.2) is 9.18 Å². The number of nitrogens with zero attached hydrogens (tertiary/aromatic N) is 3. The second kappa shape index (κ2) is 6.88. The van der Waals surface area contributed by atoms with Crippen molar-refractivity contribution in [1.29, 1.82) is 5.26 Å². The average molecular weight is 366 g/mol. The fourth-order valence-electron chi connectivity index (χ4n) is 4.11. The fraction of sp³-hybridized carbons (Fsp3) is 0.350. The maximum Gasteiger partial charge on any atom is 0.317 e. The first kappa shape index (κ1) is 17.3. The van der Waals surface area contributed by atoms with Gasteiger partial charge in [0.2, 0.25) is 0 Å². The summed E-state index contributed by atoms with van der Waals surface area (Å²) in [7, 11) is 0. The zero-order valence-electron chi connectivity index (χ0n) is 14.7. The van der Waals surface area contributed by atoms with Crippen LogP contribution in [0, 0.1) is 23.1 Å². The second-order valence-electron chi connectivity index (χ2n) is 7.19. The van der Waals surface area contributed by atoms with Crippen molar-refractivity contribution in [1.82, 2.24) is 14.8 Å². The monoisotopic (exact) mass is 366 g/mol. The number of rotatable bonds is 2. The predicted octanol–water partition coefficient (Wildman–Crippen LogP) is 2.19. The fourth-order valence-corrected chi connectivity index (χ4v) is 4.11. The number of amides is 2. The molecule has 2 aliphatic rings. The van der Waals surface area contributed by atoms with E-state index in [2.05, 4.69) is 5.32 Å². The van der Waals surface area contributed by atoms with Crippen LogP contribution >= 0.6 is 0 Å². The molecule has 1 N–H and O–H groups in total. The van der Waals surface area contributed by atoms with Gasteiger partial charge in [-0.05, 0) is 36.1 Å². The van der Waals surface area contributed by atoms with E-state index < -0.39 is 5.82 Å². The van der Waals surface area contributed by atoms with E-state index in [1.807, 2.05) is 10.6 Å². The van der Waals surface area contributed by atoms with Crippen LogP contribution in [0.1, 0.15) is 29.2 Å². The minimum absolute atomic E-state index is 0.0113. The number of hydrogen-bond acceptors (Lipinski definition) is 3. The zero-order valence-corrected chi connectivity index (χ0v) is 14.7. The first-order valence-electron chi connectivity index (χ1n) is 8.96. The van der Waals surface area contributed by atoms with Crippen LogP contribution in [-0.2, 0) is 13.1 Å². The normalized spacial score (nSPS) is 20.5. The number of nitriles is 1. The number of carbonyl (C=O) groups excluding carboxylic acids is 1. The average Bonchev–Trinajstić information content (AvgIpc) is 2.67. The highest BCUT2D eigenvalue weighted by atomic mass is 19.1. The Morgan fingerprint density at radius 2 is 2.11 bits per heavy atom. The van der Waals surface area contributed by atoms with Crippen molar-refractivity contribution in [2.24, 2.45) is 5.92 Å². The summed E-state index contributed by atoms with van der Waals surface area (Å²) < 4.78 is 15.5. The Balaban J connectivity index is 1.43. The molecule has 1 saturated heterocycles. The maximum atomic E-state index is 13.7. The number of hydrogen-bond donors (Lipinski definition) is 1. The van der Waals surface area contributed by atoms with Crippen LogP contribution in [0.3, 0.4) is 0 Å². The molecular weight excluding hydrogens is 347 g/mol. The van der Waals surface area contributed by atoms with Crippen molar-refractivity contribution < 1.29 is 9.18 Å². The standard InChI is InChI=1S/C20H19FN4O2/c21-17-7-13(4-5-15(17)8-22)9-23-20(27)24-10-14-6-16(12-24)18-2-1-3-19(26)25(18)11-14/h1-5,7,14,16H,6,9-12H2,(H,23,27)/t14-,16+/m0/s1. The Kier molecular flexibility index (Phi) is 4.40. The topological polar surface area (TPSA) is 78.1 Å². The Morgan fingerprint density at radius 3 is 2.89 bits per heavy atom. The lowest BCUT2D eigenvalue weighted by Crippen LogP contribution is -2.51. The molecule has 4 rings (SSSR count). The van der Waals surface area contributed by atoms with Gasteiger partial charge in [0.15, 0.2) is 0 Å². The molecule has 2 atom stereocenters. The van der Waals surface area contributed by atoms with E-state index in [0.717, 1.165) is 12.1 Å². The van der Waals surface area contributed by atoms with Gasteiger partial charge >= 0.3 is 6.03 Å². The SMILES string of the molecule is N#Cc1ccc(CNC(=O)N2C[C@@H]3C[C@H](C2)c2cccc(=O)n2C3)cc1F. The van der Waals surface area contributed by atoms with E-state index in [0.29, 0.717) is 25.2 Å². The van der Waals surface area contributed by atoms with Crippen molar-refractivity contribution in [2.75, 3.05) is 13.1 Å². The van der Waals surface area contributed by atoms with Gasteiger partial charge in [0.1, 0.15) is 11.9 Å². The molecule has 1 aromatic carbocycles. The van der Waals surface area contributed by atoms with Gasteiger partial charge in [-0.15, -0.1) is 0 Å². The van der Waals surface area contributed by atoms with Crippen molar-refractivity contribution in [2.45, 2.75) is 25.4 Å². The molecule has 7 heteroatoms. The molecule has 2 amide bonds. The molecule has 0 spiro atoms. The molecule has 1 fully saturated rings. The van der Waals surface area contributed by atoms with Crippen molar-refractivity contribution >= 4 is 6.03 Å². The number of urea groups is 1. The number of halogens is 1. The highest BCUT2D eigenvalue weighted by Gasteiger charge is 2.36. The summed E-state index contributed by atoms with van der Waals surface area (Å²) in [5.74, 6) is -0.169. The molecule has 27 heavy (non-hydrogen) atoms. The third-order valence-corrected chi connectivity index (χ3v) is 5.36. The van der Waals surface area contributed by atoms with Crippen LogP contribution in [0.4, 0.5) is 9.18 Å². The summed E-state index contributed by atoms with van der Waals surface area (Å²) in [5, 5.41) is 11.6. The Bertz CT molecular complexity index is 994. The van der Waals surface area contributed by atoms with Crippen LogP contribution in [-0.4, -0.2) is 28.6 Å². The number of fused-ring (bicyclic) bond motifs is 4. The summed E-state index contributed by atoms with van der Waals surface area (Å²) in [6.07, 6.45) is 0.980. The van der Waals surface area contributed by atoms with Gasteiger partial charge in [0.25, 0.3) is 5.56 Å². The highest BCUT2D eigenvalue weighted by molar-refractivity contribution is 5.74. The lowest BCUT2D eigenvalue weighted by atomic mass is 9.83. The molecule has 2 aromatic rings. The maximum absolute atomic E-state index is 13.7. The van der Waals surface area contributed by atoms with E-state index in [4.69, 9.17) is 5.26 Å². The van der Waals surface area contributed by atoms with Gasteiger partial charge in [-0.1, -0.05) is 12.1 Å². The molecule has 0 unspecified atom stereocenters. The lowest BCUT2D eigenvalue weighted by molar-refractivity contribution is 0.131. The molecule has 2 bridgehead atoms. The summed E-state index contributed by atoms with van der Waals surface area (Å²) in [6, 6.07) is 11.2. The van der Waals surface area contributed by atoms with Crippen LogP contribution in [0.2, 0.25) is 0 Å². The third kappa shape index (κ3) is 3.31. The molecule has 2 aliphatic heterocycles. The van der Waals surface area contributed by atoms with Gasteiger partial charge < -0.3 is 14.8 Å². The summed E-state index contributed by atoms with van der Waals surface area (Å²) in [6.45, 7) is 2.00. The van der Waals surface area contributed by atoms with Crippen molar-refractivity contribution in [3.05, 3.63) is 69.4 Å². The number of likely N-dealkylation sites (tertiary alicyclic amines) is 1. The number of piperidine rings is 1. The first-order chi connectivity index (χ1) is 13.0. The van der Waals surface area contributed by atoms with E-state index in [1.165, 1.54) is 12.1 Å². The number of aromatic nitrogens is 1.